The summed E-state index contributed by atoms with van der Waals surface area (Å²) in [5, 5.41) is 3.37. The lowest BCUT2D eigenvalue weighted by Gasteiger charge is -2.27. The van der Waals surface area contributed by atoms with Crippen molar-refractivity contribution in [3.05, 3.63) is 29.8 Å². The van der Waals surface area contributed by atoms with Gasteiger partial charge in [0.1, 0.15) is 11.4 Å². The lowest BCUT2D eigenvalue weighted by Crippen LogP contribution is -2.42. The minimum absolute atomic E-state index is 0.306. The number of hydrogen-bond donors (Lipinski definition) is 2. The van der Waals surface area contributed by atoms with Crippen molar-refractivity contribution in [2.24, 2.45) is 5.73 Å². The Labute approximate surface area is 115 Å². The van der Waals surface area contributed by atoms with E-state index in [9.17, 15) is 0 Å². The Hall–Kier alpha value is -1.10. The molecule has 1 aromatic carbocycles. The Morgan fingerprint density at radius 2 is 1.84 bits per heavy atom. The average molecular weight is 263 g/mol. The van der Waals surface area contributed by atoms with Gasteiger partial charge in [-0.1, -0.05) is 12.1 Å². The third kappa shape index (κ3) is 4.49. The molecule has 1 heterocycles. The molecule has 0 radical (unpaired) electrons. The summed E-state index contributed by atoms with van der Waals surface area (Å²) in [7, 11) is 0. The van der Waals surface area contributed by atoms with Crippen LogP contribution in [0, 0.1) is 0 Å². The van der Waals surface area contributed by atoms with Crippen LogP contribution in [0.15, 0.2) is 24.3 Å². The maximum Gasteiger partial charge on any atom is 0.120 e. The van der Waals surface area contributed by atoms with Gasteiger partial charge in [-0.15, -0.1) is 0 Å². The van der Waals surface area contributed by atoms with Crippen molar-refractivity contribution in [3.63, 3.8) is 0 Å². The standard InChI is InChI=1S/C15H25N3O/c1-15(2,12-16)19-14-5-3-13(4-6-14)11-18-9-7-17-8-10-18/h3-6,17H,7-12,16H2,1-2H3. The van der Waals surface area contributed by atoms with Crippen molar-refractivity contribution in [3.8, 4) is 5.75 Å². The smallest absolute Gasteiger partial charge is 0.120 e. The normalized spacial score (nSPS) is 17.4. The highest BCUT2D eigenvalue weighted by atomic mass is 16.5. The molecule has 0 amide bonds. The molecule has 1 fully saturated rings. The molecule has 0 saturated carbocycles. The summed E-state index contributed by atoms with van der Waals surface area (Å²) in [4.78, 5) is 2.47. The van der Waals surface area contributed by atoms with Gasteiger partial charge in [0, 0.05) is 39.3 Å². The van der Waals surface area contributed by atoms with Gasteiger partial charge in [-0.05, 0) is 31.5 Å². The topological polar surface area (TPSA) is 50.5 Å². The molecule has 0 unspecified atom stereocenters. The summed E-state index contributed by atoms with van der Waals surface area (Å²) in [5.74, 6) is 0.888. The average Bonchev–Trinajstić information content (AvgIpc) is 2.42. The van der Waals surface area contributed by atoms with Crippen LogP contribution in [0.4, 0.5) is 0 Å². The van der Waals surface area contributed by atoms with Crippen LogP contribution in [0.25, 0.3) is 0 Å². The van der Waals surface area contributed by atoms with E-state index in [0.717, 1.165) is 38.5 Å². The van der Waals surface area contributed by atoms with E-state index >= 15 is 0 Å². The van der Waals surface area contributed by atoms with Crippen molar-refractivity contribution >= 4 is 0 Å². The van der Waals surface area contributed by atoms with Gasteiger partial charge in [-0.25, -0.2) is 0 Å². The first-order chi connectivity index (χ1) is 9.09. The van der Waals surface area contributed by atoms with Gasteiger partial charge < -0.3 is 15.8 Å². The molecule has 3 N–H and O–H groups in total. The van der Waals surface area contributed by atoms with Crippen molar-refractivity contribution in [2.45, 2.75) is 26.0 Å². The quantitative estimate of drug-likeness (QED) is 0.838. The number of nitrogens with one attached hydrogen (secondary N) is 1. The van der Waals surface area contributed by atoms with E-state index in [-0.39, 0.29) is 5.60 Å². The summed E-state index contributed by atoms with van der Waals surface area (Å²) in [5.41, 5.74) is 6.70. The molecule has 19 heavy (non-hydrogen) atoms. The number of nitrogens with zero attached hydrogens (tertiary/aromatic N) is 1. The fraction of sp³-hybridized carbons (Fsp3) is 0.600. The number of nitrogens with two attached hydrogens (primary N) is 1. The second kappa shape index (κ2) is 6.37. The van der Waals surface area contributed by atoms with E-state index in [0.29, 0.717) is 6.54 Å². The molecule has 0 spiro atoms. The second-order valence-electron chi connectivity index (χ2n) is 5.74. The second-order valence-corrected chi connectivity index (χ2v) is 5.74. The number of ether oxygens (including phenoxy) is 1. The van der Waals surface area contributed by atoms with Gasteiger partial charge >= 0.3 is 0 Å². The highest BCUT2D eigenvalue weighted by Crippen LogP contribution is 2.19. The molecule has 4 heteroatoms. The van der Waals surface area contributed by atoms with Crippen LogP contribution in [0.1, 0.15) is 19.4 Å². The maximum absolute atomic E-state index is 5.85. The summed E-state index contributed by atoms with van der Waals surface area (Å²) in [6.07, 6.45) is 0. The van der Waals surface area contributed by atoms with Crippen molar-refractivity contribution in [2.75, 3.05) is 32.7 Å². The molecule has 0 aliphatic carbocycles. The first kappa shape index (κ1) is 14.3. The van der Waals surface area contributed by atoms with Crippen LogP contribution in [0.2, 0.25) is 0 Å². The fourth-order valence-electron chi connectivity index (χ4n) is 2.15. The highest BCUT2D eigenvalue weighted by Gasteiger charge is 2.17. The van der Waals surface area contributed by atoms with Crippen molar-refractivity contribution in [1.29, 1.82) is 0 Å². The van der Waals surface area contributed by atoms with Crippen LogP contribution in [0.5, 0.6) is 5.75 Å². The number of hydrogen-bond acceptors (Lipinski definition) is 4. The van der Waals surface area contributed by atoms with E-state index in [1.165, 1.54) is 5.56 Å². The first-order valence-electron chi connectivity index (χ1n) is 7.00. The highest BCUT2D eigenvalue weighted by molar-refractivity contribution is 5.27. The Balaban J connectivity index is 1.90. The Bertz CT molecular complexity index is 383. The molecular formula is C15H25N3O. The number of piperazine rings is 1. The van der Waals surface area contributed by atoms with E-state index in [2.05, 4.69) is 22.3 Å². The van der Waals surface area contributed by atoms with E-state index in [4.69, 9.17) is 10.5 Å². The summed E-state index contributed by atoms with van der Waals surface area (Å²) in [6.45, 7) is 9.95. The van der Waals surface area contributed by atoms with Gasteiger partial charge in [0.2, 0.25) is 0 Å². The van der Waals surface area contributed by atoms with Gasteiger partial charge in [-0.2, -0.15) is 0 Å². The Morgan fingerprint density at radius 1 is 1.21 bits per heavy atom. The molecule has 0 atom stereocenters. The molecule has 0 bridgehead atoms. The summed E-state index contributed by atoms with van der Waals surface area (Å²) in [6, 6.07) is 8.36. The molecular weight excluding hydrogens is 238 g/mol. The minimum Gasteiger partial charge on any atom is -0.487 e. The molecule has 1 aromatic rings. The maximum atomic E-state index is 5.85. The Kier molecular flexibility index (Phi) is 4.80. The number of rotatable bonds is 5. The molecule has 106 valence electrons. The molecule has 4 nitrogen and oxygen atoms in total. The third-order valence-electron chi connectivity index (χ3n) is 3.42. The molecule has 0 aromatic heterocycles. The zero-order chi connectivity index (χ0) is 13.7. The summed E-state index contributed by atoms with van der Waals surface area (Å²) < 4.78 is 5.85. The monoisotopic (exact) mass is 263 g/mol. The predicted molar refractivity (Wildman–Crippen MR) is 78.4 cm³/mol. The van der Waals surface area contributed by atoms with Crippen molar-refractivity contribution in [1.82, 2.24) is 10.2 Å². The molecule has 1 aliphatic rings. The van der Waals surface area contributed by atoms with Gasteiger partial charge in [0.05, 0.1) is 0 Å². The minimum atomic E-state index is -0.306. The zero-order valence-electron chi connectivity index (χ0n) is 12.0. The van der Waals surface area contributed by atoms with Crippen LogP contribution in [0.3, 0.4) is 0 Å². The van der Waals surface area contributed by atoms with Crippen LogP contribution in [-0.4, -0.2) is 43.2 Å². The van der Waals surface area contributed by atoms with Crippen LogP contribution < -0.4 is 15.8 Å². The molecule has 1 aliphatic heterocycles. The largest absolute Gasteiger partial charge is 0.487 e. The molecule has 2 rings (SSSR count). The molecule has 1 saturated heterocycles. The van der Waals surface area contributed by atoms with Gasteiger partial charge in [0.25, 0.3) is 0 Å². The van der Waals surface area contributed by atoms with E-state index in [1.807, 2.05) is 26.0 Å². The zero-order valence-corrected chi connectivity index (χ0v) is 12.0. The number of benzene rings is 1. The predicted octanol–water partition coefficient (Wildman–Crippen LogP) is 1.21. The fourth-order valence-corrected chi connectivity index (χ4v) is 2.15. The third-order valence-corrected chi connectivity index (χ3v) is 3.42. The lowest BCUT2D eigenvalue weighted by atomic mass is 10.1. The Morgan fingerprint density at radius 3 is 2.42 bits per heavy atom. The SMILES string of the molecule is CC(C)(CN)Oc1ccc(CN2CCNCC2)cc1. The van der Waals surface area contributed by atoms with E-state index in [1.54, 1.807) is 0 Å². The summed E-state index contributed by atoms with van der Waals surface area (Å²) >= 11 is 0. The first-order valence-corrected chi connectivity index (χ1v) is 7.00. The van der Waals surface area contributed by atoms with E-state index < -0.39 is 0 Å². The van der Waals surface area contributed by atoms with Crippen LogP contribution >= 0.6 is 0 Å². The van der Waals surface area contributed by atoms with Gasteiger partial charge in [0.15, 0.2) is 0 Å². The lowest BCUT2D eigenvalue weighted by molar-refractivity contribution is 0.119. The van der Waals surface area contributed by atoms with Crippen molar-refractivity contribution < 1.29 is 4.74 Å². The van der Waals surface area contributed by atoms with Gasteiger partial charge in [-0.3, -0.25) is 4.90 Å². The van der Waals surface area contributed by atoms with Crippen LogP contribution in [-0.2, 0) is 6.54 Å².